The molecule has 1 aliphatic carbocycles. The van der Waals surface area contributed by atoms with Crippen LogP contribution < -0.4 is 5.73 Å². The summed E-state index contributed by atoms with van der Waals surface area (Å²) in [5.74, 6) is 1.11. The van der Waals surface area contributed by atoms with E-state index in [-0.39, 0.29) is 17.1 Å². The number of nitrogens with two attached hydrogens (primary N) is 1. The fourth-order valence-electron chi connectivity index (χ4n) is 4.17. The van der Waals surface area contributed by atoms with Crippen molar-refractivity contribution in [3.8, 4) is 0 Å². The van der Waals surface area contributed by atoms with E-state index in [2.05, 4.69) is 72.2 Å². The minimum absolute atomic E-state index is 0.00291. The van der Waals surface area contributed by atoms with Crippen LogP contribution in [0.15, 0.2) is 36.0 Å². The zero-order valence-corrected chi connectivity index (χ0v) is 18.1. The molecule has 0 aromatic heterocycles. The van der Waals surface area contributed by atoms with Gasteiger partial charge in [-0.25, -0.2) is 0 Å². The van der Waals surface area contributed by atoms with Gasteiger partial charge in [0.15, 0.2) is 0 Å². The van der Waals surface area contributed by atoms with Crippen molar-refractivity contribution in [2.24, 2.45) is 28.9 Å². The first kappa shape index (κ1) is 21.4. The van der Waals surface area contributed by atoms with Gasteiger partial charge in [0.2, 0.25) is 5.91 Å². The standard InChI is InChI=1S/C22H37N2OP/c1-5-8-17(9-6-2)21(25)24-14-18(19(15-24)20(23)26)16-10-7-12-22(3,4)13-11-16/h7,10-13,17-20H,5-6,8-9,14-15,23,26H2,1-4H3. The van der Waals surface area contributed by atoms with Crippen LogP contribution in [0.3, 0.4) is 0 Å². The van der Waals surface area contributed by atoms with Crippen LogP contribution in [0, 0.1) is 23.2 Å². The maximum Gasteiger partial charge on any atom is 0.225 e. The highest BCUT2D eigenvalue weighted by Crippen LogP contribution is 2.37. The number of nitrogens with zero attached hydrogens (tertiary/aromatic N) is 1. The zero-order valence-electron chi connectivity index (χ0n) is 16.9. The van der Waals surface area contributed by atoms with E-state index in [4.69, 9.17) is 5.73 Å². The summed E-state index contributed by atoms with van der Waals surface area (Å²) in [6.45, 7) is 10.3. The van der Waals surface area contributed by atoms with Gasteiger partial charge in [0.05, 0.1) is 0 Å². The SMILES string of the molecule is CCCC(CCC)C(=O)N1CC(C2=CC=CC(C)(C)C=C2)C(C(N)P)C1. The van der Waals surface area contributed by atoms with Gasteiger partial charge in [0, 0.05) is 42.0 Å². The highest BCUT2D eigenvalue weighted by atomic mass is 31.0. The molecule has 3 nitrogen and oxygen atoms in total. The van der Waals surface area contributed by atoms with E-state index in [0.29, 0.717) is 17.7 Å². The Labute approximate surface area is 162 Å². The molecule has 4 unspecified atom stereocenters. The molecular weight excluding hydrogens is 339 g/mol. The van der Waals surface area contributed by atoms with Crippen LogP contribution >= 0.6 is 9.24 Å². The average Bonchev–Trinajstić information content (AvgIpc) is 2.94. The number of allylic oxidation sites excluding steroid dienone is 5. The second kappa shape index (κ2) is 9.33. The van der Waals surface area contributed by atoms with Gasteiger partial charge in [0.25, 0.3) is 0 Å². The smallest absolute Gasteiger partial charge is 0.225 e. The summed E-state index contributed by atoms with van der Waals surface area (Å²) < 4.78 is 0. The van der Waals surface area contributed by atoms with Crippen LogP contribution in [-0.4, -0.2) is 29.7 Å². The van der Waals surface area contributed by atoms with E-state index >= 15 is 0 Å². The zero-order chi connectivity index (χ0) is 19.3. The van der Waals surface area contributed by atoms with Crippen LogP contribution in [0.25, 0.3) is 0 Å². The van der Waals surface area contributed by atoms with Gasteiger partial charge in [-0.05, 0) is 18.4 Å². The molecule has 1 saturated heterocycles. The molecule has 2 N–H and O–H groups in total. The van der Waals surface area contributed by atoms with Crippen LogP contribution in [0.2, 0.25) is 0 Å². The van der Waals surface area contributed by atoms with Crippen molar-refractivity contribution < 1.29 is 4.79 Å². The highest BCUT2D eigenvalue weighted by Gasteiger charge is 2.40. The molecule has 1 fully saturated rings. The fourth-order valence-corrected chi connectivity index (χ4v) is 4.56. The molecule has 26 heavy (non-hydrogen) atoms. The summed E-state index contributed by atoms with van der Waals surface area (Å²) >= 11 is 0. The van der Waals surface area contributed by atoms with Crippen molar-refractivity contribution in [2.75, 3.05) is 13.1 Å². The second-order valence-corrected chi connectivity index (χ2v) is 9.32. The third-order valence-corrected chi connectivity index (χ3v) is 6.24. The molecule has 2 rings (SSSR count). The predicted molar refractivity (Wildman–Crippen MR) is 115 cm³/mol. The van der Waals surface area contributed by atoms with Crippen molar-refractivity contribution in [1.29, 1.82) is 0 Å². The first-order valence-electron chi connectivity index (χ1n) is 10.2. The Bertz CT molecular complexity index is 571. The monoisotopic (exact) mass is 376 g/mol. The van der Waals surface area contributed by atoms with Gasteiger partial charge in [0.1, 0.15) is 0 Å². The summed E-state index contributed by atoms with van der Waals surface area (Å²) in [4.78, 5) is 15.2. The summed E-state index contributed by atoms with van der Waals surface area (Å²) in [7, 11) is 2.76. The maximum atomic E-state index is 13.1. The summed E-state index contributed by atoms with van der Waals surface area (Å²) in [6, 6.07) is 0. The lowest BCUT2D eigenvalue weighted by molar-refractivity contribution is -0.135. The Morgan fingerprint density at radius 3 is 2.50 bits per heavy atom. The van der Waals surface area contributed by atoms with Crippen LogP contribution in [-0.2, 0) is 4.79 Å². The first-order valence-corrected chi connectivity index (χ1v) is 10.8. The second-order valence-electron chi connectivity index (χ2n) is 8.55. The van der Waals surface area contributed by atoms with E-state index in [1.165, 1.54) is 5.57 Å². The molecule has 0 aromatic rings. The van der Waals surface area contributed by atoms with Gasteiger partial charge in [-0.15, -0.1) is 9.24 Å². The van der Waals surface area contributed by atoms with Crippen LogP contribution in [0.1, 0.15) is 53.4 Å². The van der Waals surface area contributed by atoms with Crippen LogP contribution in [0.5, 0.6) is 0 Å². The number of carbonyl (C=O) groups is 1. The quantitative estimate of drug-likeness (QED) is 0.664. The number of hydrogen-bond donors (Lipinski definition) is 1. The molecule has 0 bridgehead atoms. The molecule has 0 radical (unpaired) electrons. The van der Waals surface area contributed by atoms with E-state index in [1.807, 2.05) is 0 Å². The Morgan fingerprint density at radius 2 is 1.92 bits per heavy atom. The Morgan fingerprint density at radius 1 is 1.27 bits per heavy atom. The molecule has 1 aliphatic heterocycles. The number of likely N-dealkylation sites (tertiary alicyclic amines) is 1. The van der Waals surface area contributed by atoms with Crippen molar-refractivity contribution >= 4 is 15.1 Å². The topological polar surface area (TPSA) is 46.3 Å². The molecule has 0 saturated carbocycles. The van der Waals surface area contributed by atoms with E-state index in [0.717, 1.165) is 38.8 Å². The van der Waals surface area contributed by atoms with Crippen molar-refractivity contribution in [2.45, 2.75) is 59.2 Å². The summed E-state index contributed by atoms with van der Waals surface area (Å²) in [5.41, 5.74) is 7.67. The van der Waals surface area contributed by atoms with Crippen LogP contribution in [0.4, 0.5) is 0 Å². The van der Waals surface area contributed by atoms with E-state index < -0.39 is 0 Å². The largest absolute Gasteiger partial charge is 0.341 e. The fraction of sp³-hybridized carbons (Fsp3) is 0.682. The van der Waals surface area contributed by atoms with E-state index in [1.54, 1.807) is 0 Å². The Hall–Kier alpha value is -0.920. The normalized spacial score (nSPS) is 26.1. The molecular formula is C22H37N2OP. The maximum absolute atomic E-state index is 13.1. The Kier molecular flexibility index (Phi) is 7.67. The number of amides is 1. The lowest BCUT2D eigenvalue weighted by atomic mass is 9.87. The third-order valence-electron chi connectivity index (χ3n) is 5.74. The van der Waals surface area contributed by atoms with Gasteiger partial charge < -0.3 is 10.6 Å². The minimum atomic E-state index is 0.00291. The minimum Gasteiger partial charge on any atom is -0.341 e. The van der Waals surface area contributed by atoms with Gasteiger partial charge in [-0.1, -0.05) is 70.9 Å². The molecule has 4 atom stereocenters. The highest BCUT2D eigenvalue weighted by molar-refractivity contribution is 7.17. The third kappa shape index (κ3) is 5.30. The van der Waals surface area contributed by atoms with Gasteiger partial charge in [-0.2, -0.15) is 0 Å². The van der Waals surface area contributed by atoms with Gasteiger partial charge in [-0.3, -0.25) is 4.79 Å². The summed E-state index contributed by atoms with van der Waals surface area (Å²) in [6.07, 6.45) is 15.2. The predicted octanol–water partition coefficient (Wildman–Crippen LogP) is 4.52. The number of rotatable bonds is 7. The lowest BCUT2D eigenvalue weighted by Crippen LogP contribution is -2.36. The molecule has 4 heteroatoms. The number of carbonyl (C=O) groups excluding carboxylic acids is 1. The summed E-state index contributed by atoms with van der Waals surface area (Å²) in [5, 5.41) is 0. The van der Waals surface area contributed by atoms with Crippen molar-refractivity contribution in [1.82, 2.24) is 4.90 Å². The lowest BCUT2D eigenvalue weighted by Gasteiger charge is -2.23. The molecule has 0 spiro atoms. The molecule has 0 aromatic carbocycles. The Balaban J connectivity index is 2.19. The molecule has 1 amide bonds. The molecule has 2 aliphatic rings. The van der Waals surface area contributed by atoms with Crippen molar-refractivity contribution in [3.63, 3.8) is 0 Å². The first-order chi connectivity index (χ1) is 12.3. The van der Waals surface area contributed by atoms with Gasteiger partial charge >= 0.3 is 0 Å². The molecule has 146 valence electrons. The molecule has 1 heterocycles. The van der Waals surface area contributed by atoms with Crippen molar-refractivity contribution in [3.05, 3.63) is 36.0 Å². The van der Waals surface area contributed by atoms with E-state index in [9.17, 15) is 4.79 Å². The average molecular weight is 377 g/mol. The number of hydrogen-bond acceptors (Lipinski definition) is 2.